The second-order valence-electron chi connectivity index (χ2n) is 6.95. The number of likely N-dealkylation sites (tertiary alicyclic amines) is 1. The summed E-state index contributed by atoms with van der Waals surface area (Å²) < 4.78 is 18.7. The Morgan fingerprint density at radius 3 is 2.81 bits per heavy atom. The molecule has 0 bridgehead atoms. The minimum atomic E-state index is -0.200. The molecule has 4 rings (SSSR count). The first-order chi connectivity index (χ1) is 12.2. The zero-order valence-electron chi connectivity index (χ0n) is 14.9. The number of likely N-dealkylation sites (N-methyl/N-ethyl adjacent to an activating group) is 1. The van der Waals surface area contributed by atoms with Crippen molar-refractivity contribution in [1.82, 2.24) is 25.3 Å². The summed E-state index contributed by atoms with van der Waals surface area (Å²) in [5, 5.41) is 7.63. The largest absolute Gasteiger partial charge is 0.338 e. The van der Waals surface area contributed by atoms with E-state index in [9.17, 15) is 4.39 Å². The first kappa shape index (κ1) is 19.2. The molecule has 2 aromatic rings. The molecule has 2 atom stereocenters. The lowest BCUT2D eigenvalue weighted by molar-refractivity contribution is 0.187. The van der Waals surface area contributed by atoms with E-state index in [0.717, 1.165) is 57.0 Å². The predicted molar refractivity (Wildman–Crippen MR) is 98.6 cm³/mol. The summed E-state index contributed by atoms with van der Waals surface area (Å²) in [6.45, 7) is 4.58. The van der Waals surface area contributed by atoms with Crippen LogP contribution < -0.4 is 5.32 Å². The third kappa shape index (κ3) is 4.06. The fourth-order valence-corrected chi connectivity index (χ4v) is 3.73. The molecule has 1 aromatic carbocycles. The average molecular weight is 382 g/mol. The fraction of sp³-hybridized carbons (Fsp3) is 0.556. The molecule has 3 heterocycles. The number of benzene rings is 1. The van der Waals surface area contributed by atoms with Crippen LogP contribution in [0.3, 0.4) is 0 Å². The normalized spacial score (nSPS) is 24.5. The van der Waals surface area contributed by atoms with Crippen molar-refractivity contribution in [2.45, 2.75) is 31.5 Å². The van der Waals surface area contributed by atoms with Crippen molar-refractivity contribution in [2.75, 3.05) is 33.2 Å². The third-order valence-electron chi connectivity index (χ3n) is 5.21. The van der Waals surface area contributed by atoms with E-state index in [-0.39, 0.29) is 30.3 Å². The smallest absolute Gasteiger partial charge is 0.244 e. The number of piperazine rings is 1. The van der Waals surface area contributed by atoms with Crippen molar-refractivity contribution in [1.29, 1.82) is 0 Å². The van der Waals surface area contributed by atoms with Crippen LogP contribution in [-0.4, -0.2) is 53.2 Å². The summed E-state index contributed by atoms with van der Waals surface area (Å²) in [4.78, 5) is 9.31. The number of halogens is 2. The van der Waals surface area contributed by atoms with E-state index in [0.29, 0.717) is 5.89 Å². The Bertz CT molecular complexity index is 710. The molecule has 2 saturated heterocycles. The predicted octanol–water partition coefficient (Wildman–Crippen LogP) is 2.54. The van der Waals surface area contributed by atoms with Gasteiger partial charge in [-0.2, -0.15) is 4.98 Å². The van der Waals surface area contributed by atoms with Gasteiger partial charge < -0.3 is 9.84 Å². The molecule has 26 heavy (non-hydrogen) atoms. The second-order valence-corrected chi connectivity index (χ2v) is 6.95. The molecule has 2 unspecified atom stereocenters. The van der Waals surface area contributed by atoms with Crippen molar-refractivity contribution in [3.63, 3.8) is 0 Å². The zero-order valence-corrected chi connectivity index (χ0v) is 15.7. The van der Waals surface area contributed by atoms with Crippen LogP contribution in [0.4, 0.5) is 4.39 Å². The summed E-state index contributed by atoms with van der Waals surface area (Å²) in [7, 11) is 2.10. The van der Waals surface area contributed by atoms with Crippen LogP contribution in [0.15, 0.2) is 28.8 Å². The topological polar surface area (TPSA) is 57.4 Å². The number of hydrogen-bond acceptors (Lipinski definition) is 6. The molecule has 0 spiro atoms. The quantitative estimate of drug-likeness (QED) is 0.878. The summed E-state index contributed by atoms with van der Waals surface area (Å²) >= 11 is 0. The lowest BCUT2D eigenvalue weighted by Crippen LogP contribution is -2.44. The van der Waals surface area contributed by atoms with Crippen LogP contribution in [0.2, 0.25) is 0 Å². The maximum atomic E-state index is 13.1. The molecule has 0 saturated carbocycles. The summed E-state index contributed by atoms with van der Waals surface area (Å²) in [6, 6.07) is 7.01. The molecule has 1 aromatic heterocycles. The van der Waals surface area contributed by atoms with E-state index in [1.165, 1.54) is 12.1 Å². The van der Waals surface area contributed by atoms with E-state index < -0.39 is 0 Å². The van der Waals surface area contributed by atoms with Gasteiger partial charge in [0.15, 0.2) is 5.82 Å². The van der Waals surface area contributed by atoms with Gasteiger partial charge >= 0.3 is 0 Å². The van der Waals surface area contributed by atoms with Crippen LogP contribution in [0.1, 0.15) is 42.2 Å². The van der Waals surface area contributed by atoms with Gasteiger partial charge in [0.25, 0.3) is 0 Å². The Balaban J connectivity index is 0.00000196. The summed E-state index contributed by atoms with van der Waals surface area (Å²) in [5.74, 6) is 1.26. The van der Waals surface area contributed by atoms with Crippen LogP contribution in [0, 0.1) is 5.82 Å². The van der Waals surface area contributed by atoms with Crippen LogP contribution >= 0.6 is 12.4 Å². The van der Waals surface area contributed by atoms with Crippen LogP contribution in [0.25, 0.3) is 0 Å². The molecule has 2 aliphatic heterocycles. The van der Waals surface area contributed by atoms with Crippen LogP contribution in [0.5, 0.6) is 0 Å². The number of hydrogen-bond donors (Lipinski definition) is 1. The monoisotopic (exact) mass is 381 g/mol. The number of nitrogens with one attached hydrogen (secondary N) is 1. The molecule has 8 heteroatoms. The summed E-state index contributed by atoms with van der Waals surface area (Å²) in [5.41, 5.74) is 1.10. The standard InChI is InChI=1S/C18H24FN5O.ClH/c1-23-10-8-20-11-16(23)17-21-18(25-22-17)15-3-2-9-24(15)12-13-4-6-14(19)7-5-13;/h4-7,15-16,20H,2-3,8-12H2,1H3;1H. The van der Waals surface area contributed by atoms with Gasteiger partial charge in [-0.05, 0) is 44.1 Å². The molecule has 2 aliphatic rings. The van der Waals surface area contributed by atoms with Gasteiger partial charge in [0.1, 0.15) is 5.82 Å². The first-order valence-electron chi connectivity index (χ1n) is 8.93. The Labute approximate surface area is 159 Å². The fourth-order valence-electron chi connectivity index (χ4n) is 3.73. The van der Waals surface area contributed by atoms with Gasteiger partial charge in [-0.25, -0.2) is 4.39 Å². The molecule has 2 fully saturated rings. The van der Waals surface area contributed by atoms with Gasteiger partial charge in [-0.1, -0.05) is 17.3 Å². The highest BCUT2D eigenvalue weighted by molar-refractivity contribution is 5.85. The van der Waals surface area contributed by atoms with Crippen molar-refractivity contribution < 1.29 is 8.91 Å². The van der Waals surface area contributed by atoms with Crippen LogP contribution in [-0.2, 0) is 6.54 Å². The minimum absolute atomic E-state index is 0. The van der Waals surface area contributed by atoms with E-state index in [1.54, 1.807) is 0 Å². The molecule has 0 aliphatic carbocycles. The second kappa shape index (κ2) is 8.43. The van der Waals surface area contributed by atoms with Gasteiger partial charge in [-0.3, -0.25) is 9.80 Å². The SMILES string of the molecule is CN1CCNCC1c1noc(C2CCCN2Cc2ccc(F)cc2)n1.Cl. The maximum Gasteiger partial charge on any atom is 0.244 e. The van der Waals surface area contributed by atoms with Gasteiger partial charge in [-0.15, -0.1) is 12.4 Å². The first-order valence-corrected chi connectivity index (χ1v) is 8.93. The maximum absolute atomic E-state index is 13.1. The number of rotatable bonds is 4. The van der Waals surface area contributed by atoms with E-state index in [2.05, 4.69) is 27.3 Å². The minimum Gasteiger partial charge on any atom is -0.338 e. The molecule has 142 valence electrons. The Morgan fingerprint density at radius 2 is 2.04 bits per heavy atom. The zero-order chi connectivity index (χ0) is 17.2. The average Bonchev–Trinajstić information content (AvgIpc) is 3.26. The van der Waals surface area contributed by atoms with E-state index >= 15 is 0 Å². The highest BCUT2D eigenvalue weighted by Crippen LogP contribution is 2.33. The highest BCUT2D eigenvalue weighted by Gasteiger charge is 2.32. The Kier molecular flexibility index (Phi) is 6.24. The van der Waals surface area contributed by atoms with Crippen molar-refractivity contribution >= 4 is 12.4 Å². The van der Waals surface area contributed by atoms with Gasteiger partial charge in [0.2, 0.25) is 5.89 Å². The number of aromatic nitrogens is 2. The Hall–Kier alpha value is -1.54. The van der Waals surface area contributed by atoms with Gasteiger partial charge in [0.05, 0.1) is 12.1 Å². The lowest BCUT2D eigenvalue weighted by Gasteiger charge is -2.30. The summed E-state index contributed by atoms with van der Waals surface area (Å²) in [6.07, 6.45) is 2.12. The molecule has 6 nitrogen and oxygen atoms in total. The van der Waals surface area contributed by atoms with Crippen molar-refractivity contribution in [2.24, 2.45) is 0 Å². The van der Waals surface area contributed by atoms with Gasteiger partial charge in [0, 0.05) is 26.2 Å². The van der Waals surface area contributed by atoms with Crippen molar-refractivity contribution in [3.8, 4) is 0 Å². The molecule has 0 amide bonds. The van der Waals surface area contributed by atoms with E-state index in [4.69, 9.17) is 9.51 Å². The molecular weight excluding hydrogens is 357 g/mol. The third-order valence-corrected chi connectivity index (χ3v) is 5.21. The Morgan fingerprint density at radius 1 is 1.23 bits per heavy atom. The molecular formula is C18H25ClFN5O. The number of nitrogens with zero attached hydrogens (tertiary/aromatic N) is 4. The molecule has 0 radical (unpaired) electrons. The lowest BCUT2D eigenvalue weighted by atomic mass is 10.1. The van der Waals surface area contributed by atoms with E-state index in [1.807, 2.05) is 12.1 Å². The van der Waals surface area contributed by atoms with Crippen molar-refractivity contribution in [3.05, 3.63) is 47.4 Å². The highest BCUT2D eigenvalue weighted by atomic mass is 35.5. The molecule has 1 N–H and O–H groups in total.